The van der Waals surface area contributed by atoms with Crippen LogP contribution in [0.5, 0.6) is 0 Å². The third kappa shape index (κ3) is 28.8. The van der Waals surface area contributed by atoms with Crippen LogP contribution in [0.2, 0.25) is 0 Å². The van der Waals surface area contributed by atoms with Crippen LogP contribution in [0.1, 0.15) is 176 Å². The number of thiol groups is 1. The summed E-state index contributed by atoms with van der Waals surface area (Å²) >= 11 is 13.7. The second-order valence-corrected chi connectivity index (χ2v) is 35.5. The number of alkyl halides is 21. The summed E-state index contributed by atoms with van der Waals surface area (Å²) in [5, 5.41) is 41.8. The number of hydrazone groups is 1. The summed E-state index contributed by atoms with van der Waals surface area (Å²) in [4.78, 5) is 33.0. The van der Waals surface area contributed by atoms with Gasteiger partial charge in [-0.15, -0.1) is 20.4 Å². The first-order valence-corrected chi connectivity index (χ1v) is 40.7. The third-order valence-corrected chi connectivity index (χ3v) is 21.7. The van der Waals surface area contributed by atoms with Gasteiger partial charge in [0, 0.05) is 64.3 Å². The molecule has 14 rings (SSSR count). The molecule has 9 aromatic rings. The van der Waals surface area contributed by atoms with Crippen LogP contribution in [0.4, 0.5) is 163 Å². The maximum absolute atomic E-state index is 13.9. The summed E-state index contributed by atoms with van der Waals surface area (Å²) in [6, 6.07) is 10.5. The molecule has 2 aromatic heterocycles. The van der Waals surface area contributed by atoms with Gasteiger partial charge in [-0.3, -0.25) is 23.5 Å². The molecule has 0 spiro atoms. The van der Waals surface area contributed by atoms with Gasteiger partial charge in [0.2, 0.25) is 5.91 Å². The van der Waals surface area contributed by atoms with Crippen LogP contribution in [0, 0.1) is 54.6 Å². The van der Waals surface area contributed by atoms with Crippen LogP contribution in [0.25, 0.3) is 11.4 Å². The van der Waals surface area contributed by atoms with E-state index in [2.05, 4.69) is 114 Å². The van der Waals surface area contributed by atoms with Crippen molar-refractivity contribution >= 4 is 133 Å². The number of benzene rings is 7. The van der Waals surface area contributed by atoms with Crippen molar-refractivity contribution in [3.05, 3.63) is 214 Å². The molecule has 1 radical (unpaired) electrons. The van der Waals surface area contributed by atoms with Crippen molar-refractivity contribution in [1.29, 1.82) is 0 Å². The second kappa shape index (κ2) is 42.3. The number of rotatable bonds is 2. The van der Waals surface area contributed by atoms with Crippen LogP contribution in [0.15, 0.2) is 103 Å². The molecule has 0 atom stereocenters. The molecule has 54 heteroatoms. The standard InChI is InChI=1S/C14H15F4N3O.C13H11BrF4N4.C13H12F4N4.C12H11F4NO.C12H11F4NS.C7H4BrF4N.C7H5F4N.C4H9NO2.CH4.BHNS/c1-7(22)20-21-12-6-9-10(14(16,17)18)4-8(15)5-11(9)19-13(12,2)3;1-5-20-21-11-12(2,3)19-7-4-6(15)9(14)8(13(16,17)18)10(7)22(5)11;1-6-19-20-11-12(2,3)18-9-5-7(14)4-8(13(15,16)17)10(9)21(6)11;2*1-11(2)10(18)5-7-8(12(14,15)16)3-6(13)4-9(7)17-11;8-5-2-3(9)1-4(6(5)13)7(10,11)12;8-4-1-2-6(12)5(3-4)7(9,10)11;1-4(2,5)3(6)7;;1-2-3/h4-5,19H,6H2,1-3H3,(H,20,22);4,19H,1-3H3;4-5,18H,1-3H3;2*3-4,17H,5H2,1-2H3;1-2H,13H2;1-3H,12H2;5H2,1-2H3,(H,6,7);1H4;3H/b21-12+;;;;;;;;;. The third-order valence-electron chi connectivity index (χ3n) is 19.6. The maximum atomic E-state index is 13.9. The van der Waals surface area contributed by atoms with Crippen molar-refractivity contribution in [2.24, 2.45) is 15.1 Å². The van der Waals surface area contributed by atoms with E-state index in [1.54, 1.807) is 83.1 Å². The van der Waals surface area contributed by atoms with Gasteiger partial charge in [0.25, 0.3) is 0 Å². The molecule has 0 saturated carbocycles. The van der Waals surface area contributed by atoms with Gasteiger partial charge >= 0.3 is 74.0 Å². The predicted molar refractivity (Wildman–Crippen MR) is 470 cm³/mol. The van der Waals surface area contributed by atoms with Gasteiger partial charge < -0.3 is 48.9 Å². The van der Waals surface area contributed by atoms with Crippen molar-refractivity contribution in [2.45, 2.75) is 207 Å². The summed E-state index contributed by atoms with van der Waals surface area (Å²) in [6.07, 6.45) is -33.0. The first-order valence-electron chi connectivity index (χ1n) is 38.3. The van der Waals surface area contributed by atoms with Gasteiger partial charge in [0.1, 0.15) is 57.9 Å². The molecule has 1 amide bonds. The quantitative estimate of drug-likeness (QED) is 0.0191. The summed E-state index contributed by atoms with van der Waals surface area (Å²) in [7, 11) is 4.34. The molecule has 0 saturated heterocycles. The molecule has 5 aliphatic heterocycles. The Labute approximate surface area is 791 Å². The zero-order chi connectivity index (χ0) is 105. The van der Waals surface area contributed by atoms with E-state index >= 15 is 0 Å². The normalized spacial score (nSPS) is 15.6. The molecule has 137 heavy (non-hydrogen) atoms. The molecule has 7 heterocycles. The average molecular weight is 2150 g/mol. The molecule has 7 aromatic carbocycles. The Kier molecular flexibility index (Phi) is 36.0. The number of carboxylic acid groups (broad SMARTS) is 1. The predicted octanol–water partition coefficient (Wildman–Crippen LogP) is 24.0. The molecule has 0 bridgehead atoms. The Balaban J connectivity index is 0.000000279. The molecule has 749 valence electrons. The first-order chi connectivity index (χ1) is 61.5. The van der Waals surface area contributed by atoms with E-state index in [1.807, 2.05) is 0 Å². The Bertz CT molecular complexity index is 5970. The van der Waals surface area contributed by atoms with E-state index in [0.717, 1.165) is 48.5 Å². The Morgan fingerprint density at radius 1 is 0.482 bits per heavy atom. The number of hydrogen-bond acceptors (Lipinski definition) is 19. The summed E-state index contributed by atoms with van der Waals surface area (Å²) in [5.41, 5.74) is 3.98. The van der Waals surface area contributed by atoms with E-state index in [0.29, 0.717) is 70.3 Å². The second-order valence-electron chi connectivity index (χ2n) is 33.1. The number of nitrogens with one attached hydrogen (secondary N) is 6. The van der Waals surface area contributed by atoms with Crippen LogP contribution >= 0.6 is 56.9 Å². The number of nitrogens with zero attached hydrogens (tertiary/aromatic N) is 8. The van der Waals surface area contributed by atoms with Crippen molar-refractivity contribution in [3.8, 4) is 11.4 Å². The Morgan fingerprint density at radius 3 is 1.19 bits per heavy atom. The monoisotopic (exact) mass is 2150 g/mol. The fraction of sp³-hybridized carbons (Fsp3) is 0.386. The SMILES string of the molecule is C.CC(=O)N/N=C1\Cc2c(cc(F)cc2C(F)(F)F)NC1(C)C.CC(C)(N)C(=O)O.CC1(C)Nc2cc(F)cc(C(F)(F)F)c2CC1=O.CC1(C)Nc2cc(F)cc(C(F)(F)F)c2CC1=S.Cc1nnc2n1-c1c(cc(F)c(Br)c1C(F)(F)F)NC2(C)C.Cc1nnc2n1-c1c(cc(F)cc1C(F)(F)F)NC2(C)C.Nc1c(Br)cc(F)cc1C(F)(F)F.Nc1ccc(F)cc1C(F)(F)F.[B]=NS. The number of aromatic nitrogens is 6. The molecular formula is C83H83BBr2F28N17O4S2. The van der Waals surface area contributed by atoms with E-state index in [1.165, 1.54) is 29.9 Å². The number of hydrogen-bond donors (Lipinski definition) is 11. The van der Waals surface area contributed by atoms with E-state index in [-0.39, 0.29) is 93.4 Å². The number of nitrogens with two attached hydrogens (primary N) is 3. The fourth-order valence-electron chi connectivity index (χ4n) is 13.1. The number of nitrogen functional groups attached to an aromatic ring is 2. The van der Waals surface area contributed by atoms with Gasteiger partial charge in [-0.05, 0) is 224 Å². The molecule has 13 N–H and O–H groups in total. The Morgan fingerprint density at radius 2 is 0.810 bits per heavy atom. The van der Waals surface area contributed by atoms with Gasteiger partial charge in [-0.1, -0.05) is 19.6 Å². The number of fused-ring (bicyclic) bond motifs is 9. The number of halogens is 30. The number of Topliss-reactive ketones (excluding diaryl/α,β-unsaturated/α-hetero) is 1. The number of aryl methyl sites for hydroxylation is 2. The molecule has 5 aliphatic rings. The zero-order valence-electron chi connectivity index (χ0n) is 73.0. The number of thiocarbonyl (C=S) groups is 1. The molecular weight excluding hydrogens is 2070 g/mol. The number of anilines is 7. The summed E-state index contributed by atoms with van der Waals surface area (Å²) in [5.74, 6) is -7.15. The minimum atomic E-state index is -4.73. The molecule has 0 unspecified atom stereocenters. The van der Waals surface area contributed by atoms with Gasteiger partial charge in [0.15, 0.2) is 17.4 Å². The zero-order valence-corrected chi connectivity index (χ0v) is 77.8. The summed E-state index contributed by atoms with van der Waals surface area (Å²) in [6.45, 7) is 24.2. The van der Waals surface area contributed by atoms with Crippen molar-refractivity contribution < 1.29 is 142 Å². The number of aliphatic carboxylic acids is 1. The summed E-state index contributed by atoms with van der Waals surface area (Å²) < 4.78 is 365. The van der Waals surface area contributed by atoms with Crippen molar-refractivity contribution in [2.75, 3.05) is 38.1 Å². The first kappa shape index (κ1) is 116. The topological polar surface area (TPSA) is 308 Å². The number of ketones is 1. The van der Waals surface area contributed by atoms with Crippen molar-refractivity contribution in [3.63, 3.8) is 0 Å². The Hall–Kier alpha value is -11.0. The minimum absolute atomic E-state index is 0. The van der Waals surface area contributed by atoms with E-state index in [4.69, 9.17) is 34.5 Å². The van der Waals surface area contributed by atoms with Gasteiger partial charge in [0.05, 0.1) is 105 Å². The number of carbonyl (C=O) groups excluding carboxylic acids is 2. The van der Waals surface area contributed by atoms with Crippen LogP contribution in [0.3, 0.4) is 0 Å². The number of amides is 1. The molecule has 21 nitrogen and oxygen atoms in total. The van der Waals surface area contributed by atoms with E-state index < -0.39 is 184 Å². The average Bonchev–Trinajstić information content (AvgIpc) is 1.66. The molecule has 0 aliphatic carbocycles. The molecule has 0 fully saturated rings. The van der Waals surface area contributed by atoms with Gasteiger partial charge in [-0.25, -0.2) is 36.2 Å². The van der Waals surface area contributed by atoms with Crippen LogP contribution < -0.4 is 49.2 Å². The van der Waals surface area contributed by atoms with Crippen LogP contribution in [-0.4, -0.2) is 92.7 Å². The van der Waals surface area contributed by atoms with E-state index in [9.17, 15) is 137 Å². The van der Waals surface area contributed by atoms with Crippen molar-refractivity contribution in [1.82, 2.24) is 35.0 Å². The van der Waals surface area contributed by atoms with Gasteiger partial charge in [-0.2, -0.15) is 97.3 Å². The van der Waals surface area contributed by atoms with Crippen LogP contribution in [-0.2, 0) is 88.0 Å². The number of carboxylic acids is 1. The number of carbonyl (C=O) groups is 3. The fourth-order valence-corrected chi connectivity index (χ4v) is 14.2.